The summed E-state index contributed by atoms with van der Waals surface area (Å²) in [5.41, 5.74) is 1.43. The van der Waals surface area contributed by atoms with Crippen LogP contribution in [0.2, 0.25) is 0 Å². The molecule has 0 unspecified atom stereocenters. The van der Waals surface area contributed by atoms with Crippen molar-refractivity contribution in [2.75, 3.05) is 0 Å². The van der Waals surface area contributed by atoms with Gasteiger partial charge in [0.1, 0.15) is 5.69 Å². The van der Waals surface area contributed by atoms with Crippen LogP contribution in [0.3, 0.4) is 0 Å². The van der Waals surface area contributed by atoms with Crippen LogP contribution in [-0.2, 0) is 13.0 Å². The standard InChI is InChI=1S/C12H13N3O/c1-2-15-11(6-8-14-15)12(16)9-10-5-3-4-7-13-10/h3-8H,2,9H2,1H3. The second-order valence-corrected chi connectivity index (χ2v) is 3.45. The third kappa shape index (κ3) is 2.16. The number of hydrogen-bond acceptors (Lipinski definition) is 3. The average Bonchev–Trinajstić information content (AvgIpc) is 2.78. The van der Waals surface area contributed by atoms with E-state index >= 15 is 0 Å². The number of pyridine rings is 1. The summed E-state index contributed by atoms with van der Waals surface area (Å²) in [6.07, 6.45) is 3.67. The summed E-state index contributed by atoms with van der Waals surface area (Å²) in [6.45, 7) is 2.67. The fourth-order valence-electron chi connectivity index (χ4n) is 1.58. The molecular formula is C12H13N3O. The van der Waals surface area contributed by atoms with E-state index in [-0.39, 0.29) is 5.78 Å². The maximum absolute atomic E-state index is 12.0. The van der Waals surface area contributed by atoms with Gasteiger partial charge in [-0.3, -0.25) is 14.5 Å². The maximum Gasteiger partial charge on any atom is 0.186 e. The van der Waals surface area contributed by atoms with E-state index in [4.69, 9.17) is 0 Å². The van der Waals surface area contributed by atoms with Crippen molar-refractivity contribution < 1.29 is 4.79 Å². The number of ketones is 1. The summed E-state index contributed by atoms with van der Waals surface area (Å²) >= 11 is 0. The molecule has 2 aromatic rings. The quantitative estimate of drug-likeness (QED) is 0.730. The number of nitrogens with zero attached hydrogens (tertiary/aromatic N) is 3. The minimum atomic E-state index is 0.0538. The number of carbonyl (C=O) groups excluding carboxylic acids is 1. The molecule has 2 aromatic heterocycles. The van der Waals surface area contributed by atoms with Crippen molar-refractivity contribution in [3.05, 3.63) is 48.0 Å². The molecule has 0 N–H and O–H groups in total. The summed E-state index contributed by atoms with van der Waals surface area (Å²) in [4.78, 5) is 16.1. The van der Waals surface area contributed by atoms with E-state index in [9.17, 15) is 4.79 Å². The molecule has 0 aliphatic heterocycles. The molecule has 0 amide bonds. The van der Waals surface area contributed by atoms with Crippen LogP contribution >= 0.6 is 0 Å². The van der Waals surface area contributed by atoms with E-state index in [0.29, 0.717) is 18.7 Å². The van der Waals surface area contributed by atoms with Crippen LogP contribution in [-0.4, -0.2) is 20.5 Å². The van der Waals surface area contributed by atoms with E-state index in [1.807, 2.05) is 25.1 Å². The Morgan fingerprint density at radius 1 is 1.31 bits per heavy atom. The Labute approximate surface area is 93.9 Å². The number of aromatic nitrogens is 3. The Morgan fingerprint density at radius 3 is 2.88 bits per heavy atom. The molecule has 2 rings (SSSR count). The molecule has 0 saturated heterocycles. The van der Waals surface area contributed by atoms with Gasteiger partial charge >= 0.3 is 0 Å². The van der Waals surface area contributed by atoms with Crippen molar-refractivity contribution in [2.24, 2.45) is 0 Å². The predicted octanol–water partition coefficient (Wildman–Crippen LogP) is 1.72. The van der Waals surface area contributed by atoms with Gasteiger partial charge < -0.3 is 0 Å². The molecule has 0 fully saturated rings. The highest BCUT2D eigenvalue weighted by molar-refractivity contribution is 5.95. The van der Waals surface area contributed by atoms with Gasteiger partial charge in [0, 0.05) is 24.6 Å². The van der Waals surface area contributed by atoms with Crippen molar-refractivity contribution in [1.82, 2.24) is 14.8 Å². The third-order valence-corrected chi connectivity index (χ3v) is 2.37. The van der Waals surface area contributed by atoms with Gasteiger partial charge in [0.15, 0.2) is 5.78 Å². The molecule has 0 spiro atoms. The lowest BCUT2D eigenvalue weighted by atomic mass is 10.1. The zero-order valence-corrected chi connectivity index (χ0v) is 9.13. The first-order valence-electron chi connectivity index (χ1n) is 5.26. The molecule has 0 aliphatic carbocycles. The number of hydrogen-bond donors (Lipinski definition) is 0. The van der Waals surface area contributed by atoms with Crippen LogP contribution < -0.4 is 0 Å². The second kappa shape index (κ2) is 4.70. The smallest absolute Gasteiger partial charge is 0.186 e. The normalized spacial score (nSPS) is 10.3. The fraction of sp³-hybridized carbons (Fsp3) is 0.250. The third-order valence-electron chi connectivity index (χ3n) is 2.37. The maximum atomic E-state index is 12.0. The number of carbonyl (C=O) groups is 1. The molecule has 4 nitrogen and oxygen atoms in total. The SMILES string of the molecule is CCn1nccc1C(=O)Cc1ccccn1. The molecule has 4 heteroatoms. The highest BCUT2D eigenvalue weighted by Crippen LogP contribution is 2.05. The average molecular weight is 215 g/mol. The number of Topliss-reactive ketones (excluding diaryl/α,β-unsaturated/α-hetero) is 1. The predicted molar refractivity (Wildman–Crippen MR) is 60.2 cm³/mol. The van der Waals surface area contributed by atoms with Gasteiger partial charge in [-0.1, -0.05) is 6.07 Å². The molecule has 0 aliphatic rings. The molecule has 0 aromatic carbocycles. The molecule has 0 atom stereocenters. The van der Waals surface area contributed by atoms with E-state index in [0.717, 1.165) is 5.69 Å². The van der Waals surface area contributed by atoms with Crippen LogP contribution in [0.25, 0.3) is 0 Å². The van der Waals surface area contributed by atoms with Crippen LogP contribution in [0, 0.1) is 0 Å². The van der Waals surface area contributed by atoms with Crippen LogP contribution in [0.5, 0.6) is 0 Å². The molecule has 82 valence electrons. The highest BCUT2D eigenvalue weighted by atomic mass is 16.1. The minimum absolute atomic E-state index is 0.0538. The summed E-state index contributed by atoms with van der Waals surface area (Å²) in [5.74, 6) is 0.0538. The lowest BCUT2D eigenvalue weighted by molar-refractivity contribution is 0.0981. The Hall–Kier alpha value is -1.97. The summed E-state index contributed by atoms with van der Waals surface area (Å²) in [5, 5.41) is 4.07. The Morgan fingerprint density at radius 2 is 2.19 bits per heavy atom. The first-order valence-corrected chi connectivity index (χ1v) is 5.26. The largest absolute Gasteiger partial charge is 0.292 e. The zero-order chi connectivity index (χ0) is 11.4. The van der Waals surface area contributed by atoms with Crippen molar-refractivity contribution in [3.63, 3.8) is 0 Å². The number of rotatable bonds is 4. The lowest BCUT2D eigenvalue weighted by Crippen LogP contribution is -2.12. The molecule has 0 radical (unpaired) electrons. The molecule has 0 saturated carbocycles. The van der Waals surface area contributed by atoms with Crippen molar-refractivity contribution in [2.45, 2.75) is 19.9 Å². The number of aryl methyl sites for hydroxylation is 1. The van der Waals surface area contributed by atoms with Crippen LogP contribution in [0.4, 0.5) is 0 Å². The van der Waals surface area contributed by atoms with Crippen LogP contribution in [0.1, 0.15) is 23.1 Å². The van der Waals surface area contributed by atoms with Gasteiger partial charge in [-0.05, 0) is 25.1 Å². The summed E-state index contributed by atoms with van der Waals surface area (Å²) in [6, 6.07) is 7.32. The van der Waals surface area contributed by atoms with E-state index in [1.165, 1.54) is 0 Å². The Kier molecular flexibility index (Phi) is 3.10. The van der Waals surface area contributed by atoms with E-state index in [1.54, 1.807) is 23.1 Å². The van der Waals surface area contributed by atoms with Gasteiger partial charge in [0.2, 0.25) is 0 Å². The van der Waals surface area contributed by atoms with Crippen molar-refractivity contribution >= 4 is 5.78 Å². The first-order chi connectivity index (χ1) is 7.81. The first kappa shape index (κ1) is 10.5. The zero-order valence-electron chi connectivity index (χ0n) is 9.13. The molecule has 0 bridgehead atoms. The van der Waals surface area contributed by atoms with E-state index < -0.39 is 0 Å². The van der Waals surface area contributed by atoms with Gasteiger partial charge in [0.05, 0.1) is 6.42 Å². The van der Waals surface area contributed by atoms with Crippen molar-refractivity contribution in [3.8, 4) is 0 Å². The fourth-order valence-corrected chi connectivity index (χ4v) is 1.58. The Balaban J connectivity index is 2.15. The highest BCUT2D eigenvalue weighted by Gasteiger charge is 2.11. The second-order valence-electron chi connectivity index (χ2n) is 3.45. The lowest BCUT2D eigenvalue weighted by Gasteiger charge is -2.03. The Bertz CT molecular complexity index is 476. The monoisotopic (exact) mass is 215 g/mol. The molecular weight excluding hydrogens is 202 g/mol. The summed E-state index contributed by atoms with van der Waals surface area (Å²) in [7, 11) is 0. The van der Waals surface area contributed by atoms with Gasteiger partial charge in [0.25, 0.3) is 0 Å². The topological polar surface area (TPSA) is 47.8 Å². The van der Waals surface area contributed by atoms with Crippen molar-refractivity contribution in [1.29, 1.82) is 0 Å². The van der Waals surface area contributed by atoms with Gasteiger partial charge in [-0.15, -0.1) is 0 Å². The summed E-state index contributed by atoms with van der Waals surface area (Å²) < 4.78 is 1.70. The van der Waals surface area contributed by atoms with Crippen LogP contribution in [0.15, 0.2) is 36.7 Å². The molecule has 16 heavy (non-hydrogen) atoms. The molecule has 2 heterocycles. The van der Waals surface area contributed by atoms with Gasteiger partial charge in [-0.25, -0.2) is 0 Å². The van der Waals surface area contributed by atoms with E-state index in [2.05, 4.69) is 10.1 Å². The minimum Gasteiger partial charge on any atom is -0.292 e. The van der Waals surface area contributed by atoms with Gasteiger partial charge in [-0.2, -0.15) is 5.10 Å².